The van der Waals surface area contributed by atoms with Gasteiger partial charge in [-0.1, -0.05) is 31.8 Å². The molecule has 1 unspecified atom stereocenters. The van der Waals surface area contributed by atoms with Crippen molar-refractivity contribution in [1.29, 1.82) is 0 Å². The smallest absolute Gasteiger partial charge is 0.240 e. The lowest BCUT2D eigenvalue weighted by Gasteiger charge is -2.30. The lowest BCUT2D eigenvalue weighted by atomic mass is 9.99. The van der Waals surface area contributed by atoms with Crippen molar-refractivity contribution in [3.8, 4) is 0 Å². The Hall–Kier alpha value is -0.650. The predicted molar refractivity (Wildman–Crippen MR) is 81.6 cm³/mol. The molecule has 0 aromatic carbocycles. The first-order chi connectivity index (χ1) is 9.19. The minimum absolute atomic E-state index is 0. The molecule has 1 saturated heterocycles. The molecule has 0 aliphatic carbocycles. The third kappa shape index (κ3) is 5.04. The van der Waals surface area contributed by atoms with Gasteiger partial charge in [0, 0.05) is 6.04 Å². The fraction of sp³-hybridized carbons (Fsp3) is 0.857. The Labute approximate surface area is 127 Å². The molecule has 1 aromatic heterocycles. The van der Waals surface area contributed by atoms with Gasteiger partial charge < -0.3 is 10.3 Å². The predicted octanol–water partition coefficient (Wildman–Crippen LogP) is 2.74. The van der Waals surface area contributed by atoms with Gasteiger partial charge >= 0.3 is 0 Å². The number of likely N-dealkylation sites (tertiary alicyclic amines) is 1. The van der Waals surface area contributed by atoms with Gasteiger partial charge in [0.25, 0.3) is 0 Å². The van der Waals surface area contributed by atoms with Gasteiger partial charge in [0.05, 0.1) is 13.1 Å². The van der Waals surface area contributed by atoms with E-state index in [1.165, 1.54) is 32.1 Å². The highest BCUT2D eigenvalue weighted by molar-refractivity contribution is 5.85. The monoisotopic (exact) mass is 302 g/mol. The van der Waals surface area contributed by atoms with Crippen LogP contribution in [-0.4, -0.2) is 27.6 Å². The first kappa shape index (κ1) is 17.4. The molecule has 5 nitrogen and oxygen atoms in total. The van der Waals surface area contributed by atoms with Crippen LogP contribution in [0.1, 0.15) is 57.7 Å². The minimum atomic E-state index is 0. The van der Waals surface area contributed by atoms with Crippen LogP contribution in [0.4, 0.5) is 0 Å². The Kier molecular flexibility index (Phi) is 7.48. The van der Waals surface area contributed by atoms with Gasteiger partial charge in [-0.05, 0) is 31.7 Å². The van der Waals surface area contributed by atoms with Gasteiger partial charge in [-0.2, -0.15) is 4.98 Å². The lowest BCUT2D eigenvalue weighted by Crippen LogP contribution is -2.35. The van der Waals surface area contributed by atoms with Gasteiger partial charge in [-0.25, -0.2) is 0 Å². The maximum atomic E-state index is 5.50. The fourth-order valence-corrected chi connectivity index (χ4v) is 2.87. The molecule has 1 fully saturated rings. The second-order valence-corrected chi connectivity index (χ2v) is 5.91. The molecule has 0 bridgehead atoms. The van der Waals surface area contributed by atoms with Crippen LogP contribution >= 0.6 is 12.4 Å². The van der Waals surface area contributed by atoms with E-state index in [1.807, 2.05) is 0 Å². The Morgan fingerprint density at radius 3 is 2.80 bits per heavy atom. The number of nitrogens with two attached hydrogens (primary N) is 1. The van der Waals surface area contributed by atoms with Crippen molar-refractivity contribution in [2.24, 2.45) is 11.7 Å². The summed E-state index contributed by atoms with van der Waals surface area (Å²) in [7, 11) is 0. The van der Waals surface area contributed by atoms with Gasteiger partial charge in [-0.3, -0.25) is 4.90 Å². The maximum absolute atomic E-state index is 5.50. The molecule has 0 saturated carbocycles. The van der Waals surface area contributed by atoms with E-state index >= 15 is 0 Å². The maximum Gasteiger partial charge on any atom is 0.240 e. The molecule has 1 atom stereocenters. The lowest BCUT2D eigenvalue weighted by molar-refractivity contribution is 0.162. The summed E-state index contributed by atoms with van der Waals surface area (Å²) in [5.74, 6) is 2.04. The molecule has 116 valence electrons. The zero-order chi connectivity index (χ0) is 13.7. The number of halogens is 1. The van der Waals surface area contributed by atoms with Gasteiger partial charge in [-0.15, -0.1) is 12.4 Å². The largest absolute Gasteiger partial charge is 0.338 e. The van der Waals surface area contributed by atoms with Crippen molar-refractivity contribution in [3.63, 3.8) is 0 Å². The highest BCUT2D eigenvalue weighted by Crippen LogP contribution is 2.23. The standard InChI is InChI=1S/C14H26N4O.ClH/c1-11(2)8-12-6-4-3-5-7-18(12)10-13-16-14(9-15)19-17-13;/h11-12H,3-10,15H2,1-2H3;1H. The third-order valence-corrected chi connectivity index (χ3v) is 3.77. The molecule has 1 aliphatic rings. The second kappa shape index (κ2) is 8.60. The van der Waals surface area contributed by atoms with E-state index in [1.54, 1.807) is 0 Å². The van der Waals surface area contributed by atoms with Gasteiger partial charge in [0.2, 0.25) is 5.89 Å². The second-order valence-electron chi connectivity index (χ2n) is 5.91. The summed E-state index contributed by atoms with van der Waals surface area (Å²) >= 11 is 0. The Bertz CT molecular complexity index is 383. The van der Waals surface area contributed by atoms with Crippen molar-refractivity contribution in [1.82, 2.24) is 15.0 Å². The number of rotatable bonds is 5. The van der Waals surface area contributed by atoms with E-state index in [9.17, 15) is 0 Å². The molecule has 1 aromatic rings. The topological polar surface area (TPSA) is 68.2 Å². The van der Waals surface area contributed by atoms with Gasteiger partial charge in [0.15, 0.2) is 5.82 Å². The van der Waals surface area contributed by atoms with Crippen LogP contribution in [0.15, 0.2) is 4.52 Å². The van der Waals surface area contributed by atoms with Crippen molar-refractivity contribution in [2.45, 2.75) is 65.1 Å². The summed E-state index contributed by atoms with van der Waals surface area (Å²) in [6, 6.07) is 0.655. The van der Waals surface area contributed by atoms with Crippen LogP contribution in [0.5, 0.6) is 0 Å². The molecule has 0 spiro atoms. The number of hydrogen-bond acceptors (Lipinski definition) is 5. The third-order valence-electron chi connectivity index (χ3n) is 3.77. The molecule has 2 N–H and O–H groups in total. The molecule has 0 radical (unpaired) electrons. The molecule has 2 heterocycles. The fourth-order valence-electron chi connectivity index (χ4n) is 2.87. The SMILES string of the molecule is CC(C)CC1CCCCCN1Cc1noc(CN)n1.Cl. The first-order valence-corrected chi connectivity index (χ1v) is 7.44. The van der Waals surface area contributed by atoms with E-state index in [0.717, 1.165) is 24.8 Å². The number of nitrogens with zero attached hydrogens (tertiary/aromatic N) is 3. The summed E-state index contributed by atoms with van der Waals surface area (Å²) in [6.07, 6.45) is 6.50. The molecule has 2 rings (SSSR count). The van der Waals surface area contributed by atoms with Crippen molar-refractivity contribution in [2.75, 3.05) is 6.54 Å². The van der Waals surface area contributed by atoms with Crippen molar-refractivity contribution in [3.05, 3.63) is 11.7 Å². The number of hydrogen-bond donors (Lipinski definition) is 1. The average Bonchev–Trinajstić information content (AvgIpc) is 2.72. The molecule has 1 aliphatic heterocycles. The summed E-state index contributed by atoms with van der Waals surface area (Å²) < 4.78 is 5.09. The zero-order valence-electron chi connectivity index (χ0n) is 12.5. The van der Waals surface area contributed by atoms with Crippen LogP contribution < -0.4 is 5.73 Å². The number of aromatic nitrogens is 2. The minimum Gasteiger partial charge on any atom is -0.338 e. The van der Waals surface area contributed by atoms with Crippen LogP contribution in [0, 0.1) is 5.92 Å². The Morgan fingerprint density at radius 1 is 1.35 bits per heavy atom. The van der Waals surface area contributed by atoms with Crippen LogP contribution in [-0.2, 0) is 13.1 Å². The van der Waals surface area contributed by atoms with E-state index in [0.29, 0.717) is 18.5 Å². The highest BCUT2D eigenvalue weighted by Gasteiger charge is 2.23. The van der Waals surface area contributed by atoms with E-state index < -0.39 is 0 Å². The Balaban J connectivity index is 0.00000200. The zero-order valence-corrected chi connectivity index (χ0v) is 13.4. The van der Waals surface area contributed by atoms with Crippen LogP contribution in [0.3, 0.4) is 0 Å². The summed E-state index contributed by atoms with van der Waals surface area (Å²) in [5, 5.41) is 4.02. The summed E-state index contributed by atoms with van der Waals surface area (Å²) in [5.41, 5.74) is 5.50. The van der Waals surface area contributed by atoms with E-state index in [4.69, 9.17) is 10.3 Å². The molecular formula is C14H27ClN4O. The molecule has 0 amide bonds. The quantitative estimate of drug-likeness (QED) is 0.906. The Morgan fingerprint density at radius 2 is 2.15 bits per heavy atom. The summed E-state index contributed by atoms with van der Waals surface area (Å²) in [4.78, 5) is 6.85. The van der Waals surface area contributed by atoms with Crippen LogP contribution in [0.25, 0.3) is 0 Å². The van der Waals surface area contributed by atoms with Crippen molar-refractivity contribution >= 4 is 12.4 Å². The molecule has 20 heavy (non-hydrogen) atoms. The molecule has 6 heteroatoms. The van der Waals surface area contributed by atoms with Crippen LogP contribution in [0.2, 0.25) is 0 Å². The average molecular weight is 303 g/mol. The normalized spacial score (nSPS) is 20.7. The summed E-state index contributed by atoms with van der Waals surface area (Å²) in [6.45, 7) is 6.85. The highest BCUT2D eigenvalue weighted by atomic mass is 35.5. The van der Waals surface area contributed by atoms with Gasteiger partial charge in [0.1, 0.15) is 0 Å². The first-order valence-electron chi connectivity index (χ1n) is 7.44. The van der Waals surface area contributed by atoms with Crippen molar-refractivity contribution < 1.29 is 4.52 Å². The van der Waals surface area contributed by atoms with E-state index in [2.05, 4.69) is 28.9 Å². The molecular weight excluding hydrogens is 276 g/mol. The van der Waals surface area contributed by atoms with E-state index in [-0.39, 0.29) is 12.4 Å².